The smallest absolute Gasteiger partial charge is 0.231 e. The Morgan fingerprint density at radius 1 is 0.643 bits per heavy atom. The summed E-state index contributed by atoms with van der Waals surface area (Å²) in [5, 5.41) is 7.26. The molecule has 0 N–H and O–H groups in total. The van der Waals surface area contributed by atoms with Crippen molar-refractivity contribution in [1.29, 1.82) is 0 Å². The minimum atomic E-state index is -0.0514. The zero-order chi connectivity index (χ0) is 38.7. The van der Waals surface area contributed by atoms with Crippen molar-refractivity contribution in [3.63, 3.8) is 0 Å². The second-order valence-electron chi connectivity index (χ2n) is 17.3. The third kappa shape index (κ3) is 7.57. The number of hydrogen-bond donors (Lipinski definition) is 0. The van der Waals surface area contributed by atoms with Crippen LogP contribution in [0.5, 0.6) is 11.5 Å². The second-order valence-corrected chi connectivity index (χ2v) is 17.3. The van der Waals surface area contributed by atoms with Gasteiger partial charge >= 0.3 is 0 Å². The van der Waals surface area contributed by atoms with Crippen molar-refractivity contribution in [3.8, 4) is 40.1 Å². The van der Waals surface area contributed by atoms with E-state index < -0.39 is 0 Å². The van der Waals surface area contributed by atoms with Crippen LogP contribution in [0.2, 0.25) is 0 Å². The molecule has 4 aromatic carbocycles. The number of para-hydroxylation sites is 1. The van der Waals surface area contributed by atoms with Gasteiger partial charge in [-0.2, -0.15) is 10.7 Å². The van der Waals surface area contributed by atoms with Gasteiger partial charge in [0.2, 0.25) is 12.2 Å². The molecule has 0 atom stereocenters. The Morgan fingerprint density at radius 3 is 2.02 bits per heavy atom. The van der Waals surface area contributed by atoms with Gasteiger partial charge in [-0.25, -0.2) is 4.98 Å². The van der Waals surface area contributed by atoms with E-state index in [0.717, 1.165) is 44.7 Å². The molecular formula is C48H46N6OPt-2. The molecule has 0 unspecified atom stereocenters. The molecule has 7 nitrogen and oxygen atoms in total. The molecule has 0 spiro atoms. The third-order valence-corrected chi connectivity index (χ3v) is 10.0. The molecule has 0 amide bonds. The van der Waals surface area contributed by atoms with Gasteiger partial charge in [-0.1, -0.05) is 141 Å². The summed E-state index contributed by atoms with van der Waals surface area (Å²) < 4.78 is 12.3. The number of rotatable bonds is 6. The van der Waals surface area contributed by atoms with E-state index in [9.17, 15) is 0 Å². The largest absolute Gasteiger partial charge is 0.508 e. The molecule has 0 radical (unpaired) electrons. The summed E-state index contributed by atoms with van der Waals surface area (Å²) in [4.78, 5) is 9.37. The third-order valence-electron chi connectivity index (χ3n) is 10.0. The van der Waals surface area contributed by atoms with Crippen LogP contribution in [0.3, 0.4) is 0 Å². The van der Waals surface area contributed by atoms with Crippen LogP contribution >= 0.6 is 0 Å². The molecule has 0 aliphatic rings. The van der Waals surface area contributed by atoms with E-state index in [1.807, 2.05) is 35.0 Å². The Bertz CT molecular complexity index is 2660. The Labute approximate surface area is 344 Å². The molecule has 4 heterocycles. The molecule has 0 aliphatic carbocycles. The van der Waals surface area contributed by atoms with Gasteiger partial charge in [0.15, 0.2) is 0 Å². The maximum absolute atomic E-state index is 6.46. The standard InChI is InChI=1S/C48H46N6O.Pt/c1-46(2,3)33-21-22-50-44(26-33)54-42-18-14-13-17-40(42)41-20-19-38(28-43(41)54)55-39-27-37(29-49-30-39)53-31-52(45(51-53)32-15-11-10-12-16-32)36-24-34(47(4,5)6)23-35(25-36)48(7,8)9;/h10-26,29-30H,1-9H3;/q-2;. The van der Waals surface area contributed by atoms with Crippen LogP contribution in [0.25, 0.3) is 50.4 Å². The maximum atomic E-state index is 6.46. The van der Waals surface area contributed by atoms with Crippen molar-refractivity contribution in [2.24, 2.45) is 0 Å². The summed E-state index contributed by atoms with van der Waals surface area (Å²) in [5.74, 6) is 2.56. The SMILES string of the molecule is CC(C)(C)c1cc(-[n+]2[c-]n(-c3[c-]c(Oc4[c-]c5c(cc4)c4ccccc4n5-c4cc(C(C)(C)C)ccn4)cnc3)nc2-c2ccccc2)cc(C(C)(C)C)c1.[Pt]. The topological polar surface area (TPSA) is 61.6 Å². The van der Waals surface area contributed by atoms with Gasteiger partial charge < -0.3 is 18.9 Å². The summed E-state index contributed by atoms with van der Waals surface area (Å²) in [7, 11) is 0. The fraction of sp³-hybridized carbons (Fsp3) is 0.250. The zero-order valence-corrected chi connectivity index (χ0v) is 35.6. The Hall–Kier alpha value is -5.39. The van der Waals surface area contributed by atoms with Crippen LogP contribution in [0.1, 0.15) is 79.0 Å². The van der Waals surface area contributed by atoms with Crippen LogP contribution in [0, 0.1) is 18.5 Å². The fourth-order valence-corrected chi connectivity index (χ4v) is 6.80. The second kappa shape index (κ2) is 14.6. The zero-order valence-electron chi connectivity index (χ0n) is 33.4. The fourth-order valence-electron chi connectivity index (χ4n) is 6.80. The average Bonchev–Trinajstić information content (AvgIpc) is 3.74. The van der Waals surface area contributed by atoms with E-state index in [4.69, 9.17) is 14.8 Å². The van der Waals surface area contributed by atoms with Gasteiger partial charge in [0.25, 0.3) is 0 Å². The summed E-state index contributed by atoms with van der Waals surface area (Å²) in [6, 6.07) is 40.6. The van der Waals surface area contributed by atoms with Gasteiger partial charge in [-0.3, -0.25) is 0 Å². The minimum Gasteiger partial charge on any atom is -0.508 e. The van der Waals surface area contributed by atoms with E-state index in [2.05, 4.69) is 163 Å². The van der Waals surface area contributed by atoms with Crippen LogP contribution in [-0.2, 0) is 37.3 Å². The van der Waals surface area contributed by atoms with Gasteiger partial charge in [0, 0.05) is 55.5 Å². The molecule has 8 heteroatoms. The number of nitrogens with zero attached hydrogens (tertiary/aromatic N) is 6. The molecule has 0 aliphatic heterocycles. The molecule has 0 saturated heterocycles. The van der Waals surface area contributed by atoms with Crippen molar-refractivity contribution >= 4 is 21.8 Å². The molecule has 286 valence electrons. The molecule has 0 fully saturated rings. The van der Waals surface area contributed by atoms with Crippen molar-refractivity contribution in [2.75, 3.05) is 0 Å². The quantitative estimate of drug-likeness (QED) is 0.123. The Kier molecular flexibility index (Phi) is 10.1. The van der Waals surface area contributed by atoms with E-state index >= 15 is 0 Å². The van der Waals surface area contributed by atoms with Gasteiger partial charge in [-0.15, -0.1) is 23.6 Å². The van der Waals surface area contributed by atoms with Crippen LogP contribution < -0.4 is 9.30 Å². The van der Waals surface area contributed by atoms with E-state index in [0.29, 0.717) is 17.2 Å². The molecule has 0 saturated carbocycles. The van der Waals surface area contributed by atoms with Gasteiger partial charge in [-0.05, 0) is 73.5 Å². The summed E-state index contributed by atoms with van der Waals surface area (Å²) in [6.45, 7) is 20.1. The number of pyridine rings is 2. The number of fused-ring (bicyclic) bond motifs is 3. The molecule has 8 aromatic rings. The number of aromatic nitrogens is 6. The van der Waals surface area contributed by atoms with Crippen molar-refractivity contribution < 1.29 is 30.4 Å². The van der Waals surface area contributed by atoms with Crippen molar-refractivity contribution in [1.82, 2.24) is 24.3 Å². The van der Waals surface area contributed by atoms with Crippen LogP contribution in [0.15, 0.2) is 116 Å². The number of ether oxygens (including phenoxy) is 1. The molecule has 0 bridgehead atoms. The summed E-state index contributed by atoms with van der Waals surface area (Å²) in [5.41, 5.74) is 8.05. The minimum absolute atomic E-state index is 0. The van der Waals surface area contributed by atoms with E-state index in [-0.39, 0.29) is 37.3 Å². The van der Waals surface area contributed by atoms with E-state index in [1.54, 1.807) is 17.1 Å². The molecule has 8 rings (SSSR count). The first-order valence-electron chi connectivity index (χ1n) is 18.8. The number of hydrogen-bond acceptors (Lipinski definition) is 4. The molecular weight excluding hydrogens is 872 g/mol. The Balaban J connectivity index is 0.00000480. The average molecular weight is 918 g/mol. The van der Waals surface area contributed by atoms with E-state index in [1.165, 1.54) is 16.7 Å². The number of benzene rings is 4. The normalized spacial score (nSPS) is 12.2. The van der Waals surface area contributed by atoms with Crippen molar-refractivity contribution in [2.45, 2.75) is 78.6 Å². The predicted octanol–water partition coefficient (Wildman–Crippen LogP) is 10.8. The predicted molar refractivity (Wildman–Crippen MR) is 220 cm³/mol. The summed E-state index contributed by atoms with van der Waals surface area (Å²) in [6.07, 6.45) is 8.78. The monoisotopic (exact) mass is 917 g/mol. The van der Waals surface area contributed by atoms with Crippen LogP contribution in [0.4, 0.5) is 0 Å². The van der Waals surface area contributed by atoms with Crippen LogP contribution in [-0.4, -0.2) is 24.3 Å². The first-order chi connectivity index (χ1) is 26.1. The van der Waals surface area contributed by atoms with Gasteiger partial charge in [0.1, 0.15) is 5.82 Å². The molecule has 56 heavy (non-hydrogen) atoms. The first kappa shape index (κ1) is 38.9. The van der Waals surface area contributed by atoms with Crippen molar-refractivity contribution in [3.05, 3.63) is 151 Å². The molecule has 4 aromatic heterocycles. The summed E-state index contributed by atoms with van der Waals surface area (Å²) >= 11 is 0. The first-order valence-corrected chi connectivity index (χ1v) is 18.8. The maximum Gasteiger partial charge on any atom is 0.231 e. The van der Waals surface area contributed by atoms with Gasteiger partial charge in [0.05, 0.1) is 0 Å². The Morgan fingerprint density at radius 2 is 1.32 bits per heavy atom.